The SMILES string of the molecule is Cc1ccc(O)c(-c2ccc3nnn(-c4cc(C)ccc4O)c3c2)c1. The second-order valence-electron chi connectivity index (χ2n) is 6.22. The van der Waals surface area contributed by atoms with Crippen molar-refractivity contribution in [1.82, 2.24) is 15.0 Å². The Morgan fingerprint density at radius 3 is 2.32 bits per heavy atom. The predicted molar refractivity (Wildman–Crippen MR) is 97.1 cm³/mol. The molecule has 0 aliphatic rings. The van der Waals surface area contributed by atoms with Crippen LogP contribution in [0.25, 0.3) is 27.8 Å². The molecule has 4 aromatic rings. The van der Waals surface area contributed by atoms with Crippen LogP contribution in [0.15, 0.2) is 54.6 Å². The summed E-state index contributed by atoms with van der Waals surface area (Å²) in [5.41, 5.74) is 5.76. The van der Waals surface area contributed by atoms with E-state index in [0.717, 1.165) is 33.3 Å². The summed E-state index contributed by atoms with van der Waals surface area (Å²) < 4.78 is 1.62. The van der Waals surface area contributed by atoms with Crippen LogP contribution in [-0.4, -0.2) is 25.2 Å². The molecule has 3 aromatic carbocycles. The molecule has 0 saturated carbocycles. The van der Waals surface area contributed by atoms with Gasteiger partial charge in [0.2, 0.25) is 0 Å². The van der Waals surface area contributed by atoms with Crippen LogP contribution in [0.4, 0.5) is 0 Å². The molecule has 1 aromatic heterocycles. The van der Waals surface area contributed by atoms with Gasteiger partial charge in [0.1, 0.15) is 22.7 Å². The molecule has 0 saturated heterocycles. The van der Waals surface area contributed by atoms with Gasteiger partial charge in [0, 0.05) is 5.56 Å². The average molecular weight is 331 g/mol. The molecule has 0 unspecified atom stereocenters. The number of aromatic hydroxyl groups is 2. The molecule has 25 heavy (non-hydrogen) atoms. The van der Waals surface area contributed by atoms with E-state index < -0.39 is 0 Å². The molecule has 0 atom stereocenters. The minimum absolute atomic E-state index is 0.140. The van der Waals surface area contributed by atoms with Gasteiger partial charge < -0.3 is 10.2 Å². The summed E-state index contributed by atoms with van der Waals surface area (Å²) in [4.78, 5) is 0. The van der Waals surface area contributed by atoms with Gasteiger partial charge in [0.25, 0.3) is 0 Å². The highest BCUT2D eigenvalue weighted by Crippen LogP contribution is 2.33. The Morgan fingerprint density at radius 1 is 0.800 bits per heavy atom. The highest BCUT2D eigenvalue weighted by atomic mass is 16.3. The lowest BCUT2D eigenvalue weighted by Crippen LogP contribution is -1.98. The number of phenolic OH excluding ortho intramolecular Hbond substituents is 2. The van der Waals surface area contributed by atoms with Crippen molar-refractivity contribution in [3.8, 4) is 28.3 Å². The summed E-state index contributed by atoms with van der Waals surface area (Å²) in [6, 6.07) is 16.5. The molecule has 0 amide bonds. The molecular weight excluding hydrogens is 314 g/mol. The Labute approximate surface area is 144 Å². The van der Waals surface area contributed by atoms with E-state index in [1.165, 1.54) is 0 Å². The molecular formula is C20H17N3O2. The van der Waals surface area contributed by atoms with Crippen LogP contribution in [0.1, 0.15) is 11.1 Å². The van der Waals surface area contributed by atoms with E-state index in [9.17, 15) is 10.2 Å². The van der Waals surface area contributed by atoms with Crippen LogP contribution < -0.4 is 0 Å². The number of aromatic nitrogens is 3. The Hall–Kier alpha value is -3.34. The van der Waals surface area contributed by atoms with Gasteiger partial charge in [-0.25, -0.2) is 4.68 Å². The summed E-state index contributed by atoms with van der Waals surface area (Å²) in [5.74, 6) is 0.364. The minimum Gasteiger partial charge on any atom is -0.507 e. The van der Waals surface area contributed by atoms with E-state index in [1.54, 1.807) is 16.8 Å². The van der Waals surface area contributed by atoms with Crippen molar-refractivity contribution in [3.63, 3.8) is 0 Å². The van der Waals surface area contributed by atoms with Crippen molar-refractivity contribution in [2.45, 2.75) is 13.8 Å². The highest BCUT2D eigenvalue weighted by Gasteiger charge is 2.13. The van der Waals surface area contributed by atoms with Gasteiger partial charge in [-0.05, 0) is 61.4 Å². The lowest BCUT2D eigenvalue weighted by molar-refractivity contribution is 0.470. The number of aryl methyl sites for hydroxylation is 2. The van der Waals surface area contributed by atoms with Gasteiger partial charge in [-0.2, -0.15) is 0 Å². The molecule has 4 rings (SSSR count). The first-order valence-electron chi connectivity index (χ1n) is 7.98. The lowest BCUT2D eigenvalue weighted by Gasteiger charge is -2.09. The third-order valence-corrected chi connectivity index (χ3v) is 4.27. The zero-order chi connectivity index (χ0) is 17.6. The molecule has 0 spiro atoms. The maximum absolute atomic E-state index is 10.2. The Bertz CT molecular complexity index is 1100. The topological polar surface area (TPSA) is 71.2 Å². The molecule has 0 aliphatic heterocycles. The quantitative estimate of drug-likeness (QED) is 0.580. The predicted octanol–water partition coefficient (Wildman–Crippen LogP) is 4.12. The van der Waals surface area contributed by atoms with E-state index in [-0.39, 0.29) is 11.5 Å². The van der Waals surface area contributed by atoms with E-state index >= 15 is 0 Å². The number of benzene rings is 3. The monoisotopic (exact) mass is 331 g/mol. The smallest absolute Gasteiger partial charge is 0.141 e. The normalized spacial score (nSPS) is 11.1. The Morgan fingerprint density at radius 2 is 1.52 bits per heavy atom. The summed E-state index contributed by atoms with van der Waals surface area (Å²) in [5, 5.41) is 28.8. The zero-order valence-electron chi connectivity index (χ0n) is 13.9. The van der Waals surface area contributed by atoms with E-state index in [4.69, 9.17) is 0 Å². The van der Waals surface area contributed by atoms with Crippen LogP contribution in [0, 0.1) is 13.8 Å². The number of phenols is 2. The first-order valence-corrected chi connectivity index (χ1v) is 7.98. The number of rotatable bonds is 2. The van der Waals surface area contributed by atoms with Gasteiger partial charge in [-0.1, -0.05) is 29.0 Å². The molecule has 0 fully saturated rings. The van der Waals surface area contributed by atoms with Crippen molar-refractivity contribution < 1.29 is 10.2 Å². The van der Waals surface area contributed by atoms with Gasteiger partial charge >= 0.3 is 0 Å². The summed E-state index contributed by atoms with van der Waals surface area (Å²) in [6.45, 7) is 3.94. The minimum atomic E-state index is 0.140. The summed E-state index contributed by atoms with van der Waals surface area (Å²) >= 11 is 0. The van der Waals surface area contributed by atoms with Gasteiger partial charge in [-0.3, -0.25) is 0 Å². The van der Waals surface area contributed by atoms with Crippen LogP contribution in [0.3, 0.4) is 0 Å². The first-order chi connectivity index (χ1) is 12.0. The molecule has 0 radical (unpaired) electrons. The standard InChI is InChI=1S/C20H17N3O2/c1-12-3-7-19(24)15(9-12)14-5-6-16-17(11-14)23(22-21-16)18-10-13(2)4-8-20(18)25/h3-11,24-25H,1-2H3. The zero-order valence-corrected chi connectivity index (χ0v) is 13.9. The largest absolute Gasteiger partial charge is 0.507 e. The fraction of sp³-hybridized carbons (Fsp3) is 0.100. The average Bonchev–Trinajstić information content (AvgIpc) is 3.02. The molecule has 5 nitrogen and oxygen atoms in total. The molecule has 124 valence electrons. The van der Waals surface area contributed by atoms with Gasteiger partial charge in [-0.15, -0.1) is 5.10 Å². The molecule has 1 heterocycles. The van der Waals surface area contributed by atoms with E-state index in [0.29, 0.717) is 5.69 Å². The molecule has 5 heteroatoms. The van der Waals surface area contributed by atoms with Gasteiger partial charge in [0.05, 0.1) is 5.52 Å². The summed E-state index contributed by atoms with van der Waals surface area (Å²) in [7, 11) is 0. The summed E-state index contributed by atoms with van der Waals surface area (Å²) in [6.07, 6.45) is 0. The number of hydrogen-bond acceptors (Lipinski definition) is 4. The second kappa shape index (κ2) is 5.63. The van der Waals surface area contributed by atoms with Crippen molar-refractivity contribution in [2.24, 2.45) is 0 Å². The Balaban J connectivity index is 1.94. The molecule has 2 N–H and O–H groups in total. The maximum atomic E-state index is 10.2. The third-order valence-electron chi connectivity index (χ3n) is 4.27. The van der Waals surface area contributed by atoms with E-state index in [1.807, 2.05) is 56.3 Å². The van der Waals surface area contributed by atoms with Crippen LogP contribution in [0.2, 0.25) is 0 Å². The number of hydrogen-bond donors (Lipinski definition) is 2. The van der Waals surface area contributed by atoms with Crippen LogP contribution >= 0.6 is 0 Å². The Kier molecular flexibility index (Phi) is 3.42. The van der Waals surface area contributed by atoms with Crippen LogP contribution in [-0.2, 0) is 0 Å². The second-order valence-corrected chi connectivity index (χ2v) is 6.22. The number of nitrogens with zero attached hydrogens (tertiary/aromatic N) is 3. The first kappa shape index (κ1) is 15.2. The van der Waals surface area contributed by atoms with Crippen molar-refractivity contribution >= 4 is 11.0 Å². The fourth-order valence-corrected chi connectivity index (χ4v) is 2.95. The molecule has 0 bridgehead atoms. The third kappa shape index (κ3) is 2.59. The van der Waals surface area contributed by atoms with Gasteiger partial charge in [0.15, 0.2) is 0 Å². The van der Waals surface area contributed by atoms with Crippen molar-refractivity contribution in [3.05, 3.63) is 65.7 Å². The van der Waals surface area contributed by atoms with Crippen molar-refractivity contribution in [1.29, 1.82) is 0 Å². The molecule has 0 aliphatic carbocycles. The lowest BCUT2D eigenvalue weighted by atomic mass is 10.0. The maximum Gasteiger partial charge on any atom is 0.141 e. The van der Waals surface area contributed by atoms with E-state index in [2.05, 4.69) is 10.3 Å². The highest BCUT2D eigenvalue weighted by molar-refractivity contribution is 5.84. The number of fused-ring (bicyclic) bond motifs is 1. The fourth-order valence-electron chi connectivity index (χ4n) is 2.95. The van der Waals surface area contributed by atoms with Crippen LogP contribution in [0.5, 0.6) is 11.5 Å². The van der Waals surface area contributed by atoms with Crippen molar-refractivity contribution in [2.75, 3.05) is 0 Å².